The molecule has 0 bridgehead atoms. The quantitative estimate of drug-likeness (QED) is 0.580. The van der Waals surface area contributed by atoms with Crippen molar-refractivity contribution in [3.8, 4) is 0 Å². The molecule has 0 spiro atoms. The Kier molecular flexibility index (Phi) is 6.55. The second kappa shape index (κ2) is 8.91. The Morgan fingerprint density at radius 3 is 2.32 bits per heavy atom. The van der Waals surface area contributed by atoms with E-state index in [9.17, 15) is 18.0 Å². The van der Waals surface area contributed by atoms with E-state index in [0.717, 1.165) is 48.9 Å². The van der Waals surface area contributed by atoms with Crippen LogP contribution in [0.25, 0.3) is 0 Å². The van der Waals surface area contributed by atoms with Crippen molar-refractivity contribution < 1.29 is 22.7 Å². The van der Waals surface area contributed by atoms with Gasteiger partial charge in [0.25, 0.3) is 0 Å². The summed E-state index contributed by atoms with van der Waals surface area (Å²) >= 11 is 0. The van der Waals surface area contributed by atoms with Crippen LogP contribution in [0.15, 0.2) is 48.5 Å². The van der Waals surface area contributed by atoms with E-state index in [0.29, 0.717) is 12.2 Å². The van der Waals surface area contributed by atoms with E-state index in [2.05, 4.69) is 12.1 Å². The first kappa shape index (κ1) is 20.6. The average Bonchev–Trinajstić information content (AvgIpc) is 2.68. The smallest absolute Gasteiger partial charge is 0.372 e. The minimum Gasteiger partial charge on any atom is -0.372 e. The summed E-state index contributed by atoms with van der Waals surface area (Å²) in [7, 11) is 0. The Morgan fingerprint density at radius 1 is 1.00 bits per heavy atom. The van der Waals surface area contributed by atoms with Gasteiger partial charge in [-0.3, -0.25) is 4.79 Å². The minimum absolute atomic E-state index is 0.0787. The molecular weight excluding hydrogens is 365 g/mol. The maximum atomic E-state index is 12.8. The molecule has 2 nitrogen and oxygen atoms in total. The number of ether oxygens (including phenoxy) is 1. The molecule has 5 heteroatoms. The van der Waals surface area contributed by atoms with Crippen molar-refractivity contribution in [3.63, 3.8) is 0 Å². The maximum absolute atomic E-state index is 12.8. The molecule has 0 amide bonds. The predicted octanol–water partition coefficient (Wildman–Crippen LogP) is 6.29. The third-order valence-electron chi connectivity index (χ3n) is 5.46. The van der Waals surface area contributed by atoms with Gasteiger partial charge in [-0.05, 0) is 54.5 Å². The molecule has 1 aliphatic rings. The van der Waals surface area contributed by atoms with Crippen LogP contribution in [0.4, 0.5) is 13.2 Å². The Labute approximate surface area is 163 Å². The van der Waals surface area contributed by atoms with E-state index < -0.39 is 11.7 Å². The largest absolute Gasteiger partial charge is 0.416 e. The lowest BCUT2D eigenvalue weighted by molar-refractivity contribution is -0.137. The summed E-state index contributed by atoms with van der Waals surface area (Å²) in [6.45, 7) is 2.11. The molecule has 0 radical (unpaired) electrons. The molecule has 1 saturated carbocycles. The fraction of sp³-hybridized carbons (Fsp3) is 0.435. The third kappa shape index (κ3) is 5.22. The van der Waals surface area contributed by atoms with Gasteiger partial charge in [-0.15, -0.1) is 0 Å². The first-order valence-electron chi connectivity index (χ1n) is 9.68. The number of halogens is 3. The standard InChI is InChI=1S/C23H25F3O2/c1-16(27)21-10-2-3-11-22(21)19-8-4-6-17(12-19)14-28-15-18-7-5-9-20(13-18)23(24,25)26/h4-9,12-13,21-22H,2-3,10-11,14-15H2,1H3. The Balaban J connectivity index is 1.63. The highest BCUT2D eigenvalue weighted by atomic mass is 19.4. The number of Topliss-reactive ketones (excluding diaryl/α,β-unsaturated/α-hetero) is 1. The van der Waals surface area contributed by atoms with Gasteiger partial charge in [0.15, 0.2) is 0 Å². The summed E-state index contributed by atoms with van der Waals surface area (Å²) < 4.78 is 44.1. The van der Waals surface area contributed by atoms with Gasteiger partial charge in [-0.2, -0.15) is 13.2 Å². The summed E-state index contributed by atoms with van der Waals surface area (Å²) in [4.78, 5) is 12.0. The van der Waals surface area contributed by atoms with Crippen molar-refractivity contribution in [3.05, 3.63) is 70.8 Å². The van der Waals surface area contributed by atoms with Gasteiger partial charge in [-0.1, -0.05) is 49.2 Å². The molecule has 0 aliphatic heterocycles. The van der Waals surface area contributed by atoms with E-state index in [1.54, 1.807) is 13.0 Å². The summed E-state index contributed by atoms with van der Waals surface area (Å²) in [5.41, 5.74) is 1.95. The zero-order chi connectivity index (χ0) is 20.1. The molecular formula is C23H25F3O2. The molecule has 1 aliphatic carbocycles. The fourth-order valence-electron chi connectivity index (χ4n) is 4.05. The average molecular weight is 390 g/mol. The third-order valence-corrected chi connectivity index (χ3v) is 5.46. The molecule has 2 aromatic rings. The van der Waals surface area contributed by atoms with Gasteiger partial charge >= 0.3 is 6.18 Å². The van der Waals surface area contributed by atoms with E-state index in [4.69, 9.17) is 4.74 Å². The lowest BCUT2D eigenvalue weighted by Crippen LogP contribution is -2.24. The van der Waals surface area contributed by atoms with Crippen LogP contribution in [0.2, 0.25) is 0 Å². The van der Waals surface area contributed by atoms with E-state index >= 15 is 0 Å². The minimum atomic E-state index is -4.35. The Hall–Kier alpha value is -2.14. The molecule has 2 atom stereocenters. The van der Waals surface area contributed by atoms with Crippen molar-refractivity contribution in [1.29, 1.82) is 0 Å². The summed E-state index contributed by atoms with van der Waals surface area (Å²) in [5, 5.41) is 0. The van der Waals surface area contributed by atoms with Crippen molar-refractivity contribution >= 4 is 5.78 Å². The van der Waals surface area contributed by atoms with Crippen molar-refractivity contribution in [2.45, 2.75) is 57.9 Å². The molecule has 3 rings (SSSR count). The van der Waals surface area contributed by atoms with Gasteiger partial charge in [0.2, 0.25) is 0 Å². The molecule has 1 fully saturated rings. The van der Waals surface area contributed by atoms with Crippen molar-refractivity contribution in [1.82, 2.24) is 0 Å². The predicted molar refractivity (Wildman–Crippen MR) is 102 cm³/mol. The van der Waals surface area contributed by atoms with Crippen LogP contribution in [0.3, 0.4) is 0 Å². The number of alkyl halides is 3. The number of rotatable bonds is 6. The lowest BCUT2D eigenvalue weighted by atomic mass is 9.73. The van der Waals surface area contributed by atoms with Crippen LogP contribution in [0, 0.1) is 5.92 Å². The van der Waals surface area contributed by atoms with Crippen molar-refractivity contribution in [2.75, 3.05) is 0 Å². The van der Waals surface area contributed by atoms with Gasteiger partial charge in [0.1, 0.15) is 5.78 Å². The second-order valence-electron chi connectivity index (χ2n) is 7.54. The molecule has 28 heavy (non-hydrogen) atoms. The van der Waals surface area contributed by atoms with E-state index in [1.165, 1.54) is 6.07 Å². The van der Waals surface area contributed by atoms with Crippen molar-refractivity contribution in [2.24, 2.45) is 5.92 Å². The molecule has 0 saturated heterocycles. The molecule has 150 valence electrons. The first-order chi connectivity index (χ1) is 13.3. The second-order valence-corrected chi connectivity index (χ2v) is 7.54. The normalized spacial score (nSPS) is 20.1. The highest BCUT2D eigenvalue weighted by Crippen LogP contribution is 2.38. The monoisotopic (exact) mass is 390 g/mol. The van der Waals surface area contributed by atoms with Crippen LogP contribution >= 0.6 is 0 Å². The zero-order valence-corrected chi connectivity index (χ0v) is 16.0. The summed E-state index contributed by atoms with van der Waals surface area (Å²) in [6, 6.07) is 13.2. The molecule has 0 N–H and O–H groups in total. The molecule has 0 aromatic heterocycles. The SMILES string of the molecule is CC(=O)C1CCCCC1c1cccc(COCc2cccc(C(F)(F)F)c2)c1. The van der Waals surface area contributed by atoms with Crippen LogP contribution in [0.5, 0.6) is 0 Å². The van der Waals surface area contributed by atoms with E-state index in [-0.39, 0.29) is 24.2 Å². The van der Waals surface area contributed by atoms with Gasteiger partial charge < -0.3 is 4.74 Å². The number of ketones is 1. The highest BCUT2D eigenvalue weighted by molar-refractivity contribution is 5.79. The van der Waals surface area contributed by atoms with Gasteiger partial charge in [0, 0.05) is 5.92 Å². The number of carbonyl (C=O) groups is 1. The fourth-order valence-corrected chi connectivity index (χ4v) is 4.05. The number of carbonyl (C=O) groups excluding carboxylic acids is 1. The van der Waals surface area contributed by atoms with Crippen LogP contribution in [-0.4, -0.2) is 5.78 Å². The first-order valence-corrected chi connectivity index (χ1v) is 9.68. The Bertz CT molecular complexity index is 813. The molecule has 2 aromatic carbocycles. The van der Waals surface area contributed by atoms with Gasteiger partial charge in [-0.25, -0.2) is 0 Å². The maximum Gasteiger partial charge on any atom is 0.416 e. The highest BCUT2D eigenvalue weighted by Gasteiger charge is 2.31. The van der Waals surface area contributed by atoms with E-state index in [1.807, 2.05) is 12.1 Å². The number of hydrogen-bond acceptors (Lipinski definition) is 2. The zero-order valence-electron chi connectivity index (χ0n) is 16.0. The molecule has 2 unspecified atom stereocenters. The number of benzene rings is 2. The van der Waals surface area contributed by atoms with Crippen LogP contribution < -0.4 is 0 Å². The summed E-state index contributed by atoms with van der Waals surface area (Å²) in [6.07, 6.45) is -0.169. The molecule has 0 heterocycles. The van der Waals surface area contributed by atoms with Gasteiger partial charge in [0.05, 0.1) is 18.8 Å². The lowest BCUT2D eigenvalue weighted by Gasteiger charge is -2.30. The van der Waals surface area contributed by atoms with Crippen LogP contribution in [0.1, 0.15) is 60.8 Å². The Morgan fingerprint density at radius 2 is 1.64 bits per heavy atom. The summed E-state index contributed by atoms with van der Waals surface area (Å²) in [5.74, 6) is 0.570. The van der Waals surface area contributed by atoms with Crippen LogP contribution in [-0.2, 0) is 28.9 Å². The number of hydrogen-bond donors (Lipinski definition) is 0. The topological polar surface area (TPSA) is 26.3 Å².